The molecule has 0 bridgehead atoms. The lowest BCUT2D eigenvalue weighted by Gasteiger charge is -2.24. The zero-order chi connectivity index (χ0) is 21.7. The molecule has 4 aromatic rings. The van der Waals surface area contributed by atoms with E-state index in [1.807, 2.05) is 13.8 Å². The van der Waals surface area contributed by atoms with Gasteiger partial charge in [0.2, 0.25) is 5.91 Å². The van der Waals surface area contributed by atoms with E-state index in [-0.39, 0.29) is 28.6 Å². The molecule has 0 spiro atoms. The van der Waals surface area contributed by atoms with E-state index in [0.717, 1.165) is 0 Å². The Labute approximate surface area is 181 Å². The van der Waals surface area contributed by atoms with Gasteiger partial charge in [0.25, 0.3) is 0 Å². The number of nitrogens with one attached hydrogen (secondary N) is 3. The largest absolute Gasteiger partial charge is 0.380 e. The summed E-state index contributed by atoms with van der Waals surface area (Å²) in [4.78, 5) is 20.9. The van der Waals surface area contributed by atoms with Crippen LogP contribution in [0.25, 0.3) is 27.8 Å². The lowest BCUT2D eigenvalue weighted by atomic mass is 10.1. The molecule has 1 aromatic carbocycles. The van der Waals surface area contributed by atoms with Gasteiger partial charge < -0.3 is 19.8 Å². The molecule has 0 aliphatic carbocycles. The third kappa shape index (κ3) is 3.37. The summed E-state index contributed by atoms with van der Waals surface area (Å²) < 4.78 is 21.9. The van der Waals surface area contributed by atoms with Crippen LogP contribution in [0, 0.1) is 11.7 Å². The first kappa shape index (κ1) is 19.7. The average molecular weight is 444 g/mol. The maximum absolute atomic E-state index is 15.1. The summed E-state index contributed by atoms with van der Waals surface area (Å²) in [6.07, 6.45) is 6.49. The van der Waals surface area contributed by atoms with Gasteiger partial charge in [0.1, 0.15) is 0 Å². The molecule has 1 aliphatic heterocycles. The van der Waals surface area contributed by atoms with Gasteiger partial charge in [-0.3, -0.25) is 14.9 Å². The molecule has 0 radical (unpaired) electrons. The third-order valence-corrected chi connectivity index (χ3v) is 5.44. The Balaban J connectivity index is 1.57. The summed E-state index contributed by atoms with van der Waals surface area (Å²) in [5.74, 6) is -0.475. The van der Waals surface area contributed by atoms with Crippen LogP contribution in [0.2, 0.25) is 5.02 Å². The number of carbonyl (C=O) groups excluding carboxylic acids is 1. The van der Waals surface area contributed by atoms with Crippen molar-refractivity contribution in [1.29, 1.82) is 0 Å². The SMILES string of the molecule is CC(C)Nc1c(F)c(Cl)c(-c2cn3cc(NC(=O)C4COC4)nc3cn2)c2cn[nH]c12. The first-order chi connectivity index (χ1) is 14.9. The monoisotopic (exact) mass is 443 g/mol. The van der Waals surface area contributed by atoms with E-state index in [0.29, 0.717) is 46.8 Å². The van der Waals surface area contributed by atoms with Gasteiger partial charge in [-0.25, -0.2) is 9.37 Å². The number of carbonyl (C=O) groups is 1. The van der Waals surface area contributed by atoms with Gasteiger partial charge in [0.05, 0.1) is 59.6 Å². The predicted molar refractivity (Wildman–Crippen MR) is 115 cm³/mol. The van der Waals surface area contributed by atoms with Crippen molar-refractivity contribution < 1.29 is 13.9 Å². The van der Waals surface area contributed by atoms with Crippen molar-refractivity contribution in [2.45, 2.75) is 19.9 Å². The standard InChI is InChI=1S/C20H19ClFN7O2/c1-9(2)25-19-17(22)16(21)15(11-3-24-28-18(11)19)12-5-29-6-13(26-14(29)4-23-12)27-20(30)10-7-31-8-10/h3-6,9-10,25H,7-8H2,1-2H3,(H,24,28)(H,27,30). The van der Waals surface area contributed by atoms with Crippen LogP contribution >= 0.6 is 11.6 Å². The van der Waals surface area contributed by atoms with Crippen molar-refractivity contribution in [1.82, 2.24) is 24.6 Å². The summed E-state index contributed by atoms with van der Waals surface area (Å²) in [6, 6.07) is 0.00321. The topological polar surface area (TPSA) is 109 Å². The zero-order valence-electron chi connectivity index (χ0n) is 16.7. The Kier molecular flexibility index (Phi) is 4.75. The van der Waals surface area contributed by atoms with Gasteiger partial charge >= 0.3 is 0 Å². The second kappa shape index (κ2) is 7.47. The number of ether oxygens (including phenoxy) is 1. The van der Waals surface area contributed by atoms with Crippen molar-refractivity contribution in [3.63, 3.8) is 0 Å². The van der Waals surface area contributed by atoms with Crippen LogP contribution in [0.4, 0.5) is 15.9 Å². The van der Waals surface area contributed by atoms with E-state index in [2.05, 4.69) is 30.8 Å². The lowest BCUT2D eigenvalue weighted by molar-refractivity contribution is -0.133. The molecule has 0 saturated carbocycles. The Morgan fingerprint density at radius 1 is 1.35 bits per heavy atom. The third-order valence-electron chi connectivity index (χ3n) is 5.08. The number of H-pyrrole nitrogens is 1. The quantitative estimate of drug-likeness (QED) is 0.435. The molecule has 31 heavy (non-hydrogen) atoms. The van der Waals surface area contributed by atoms with Crippen molar-refractivity contribution in [2.24, 2.45) is 5.92 Å². The predicted octanol–water partition coefficient (Wildman–Crippen LogP) is 3.47. The van der Waals surface area contributed by atoms with Gasteiger partial charge in [-0.15, -0.1) is 0 Å². The van der Waals surface area contributed by atoms with Gasteiger partial charge in [-0.2, -0.15) is 5.10 Å². The van der Waals surface area contributed by atoms with E-state index >= 15 is 4.39 Å². The smallest absolute Gasteiger partial charge is 0.233 e. The van der Waals surface area contributed by atoms with Gasteiger partial charge in [0.15, 0.2) is 17.3 Å². The highest BCUT2D eigenvalue weighted by Crippen LogP contribution is 2.40. The first-order valence-electron chi connectivity index (χ1n) is 9.76. The normalized spacial score (nSPS) is 14.4. The summed E-state index contributed by atoms with van der Waals surface area (Å²) in [7, 11) is 0. The summed E-state index contributed by atoms with van der Waals surface area (Å²) in [5, 5.41) is 13.4. The number of nitrogens with zero attached hydrogens (tertiary/aromatic N) is 4. The van der Waals surface area contributed by atoms with Crippen LogP contribution in [0.15, 0.2) is 24.8 Å². The van der Waals surface area contributed by atoms with E-state index in [1.54, 1.807) is 23.0 Å². The number of hydrogen-bond acceptors (Lipinski definition) is 6. The summed E-state index contributed by atoms with van der Waals surface area (Å²) >= 11 is 6.44. The van der Waals surface area contributed by atoms with Gasteiger partial charge in [-0.1, -0.05) is 11.6 Å². The minimum Gasteiger partial charge on any atom is -0.380 e. The molecule has 160 valence electrons. The van der Waals surface area contributed by atoms with Crippen LogP contribution < -0.4 is 10.6 Å². The fourth-order valence-corrected chi connectivity index (χ4v) is 3.79. The van der Waals surface area contributed by atoms with Crippen LogP contribution in [-0.4, -0.2) is 49.7 Å². The van der Waals surface area contributed by atoms with Crippen LogP contribution in [0.3, 0.4) is 0 Å². The fourth-order valence-electron chi connectivity index (χ4n) is 3.49. The average Bonchev–Trinajstić information content (AvgIpc) is 3.30. The molecular formula is C20H19ClFN7O2. The highest BCUT2D eigenvalue weighted by molar-refractivity contribution is 6.35. The Hall–Kier alpha value is -3.24. The first-order valence-corrected chi connectivity index (χ1v) is 10.1. The van der Waals surface area contributed by atoms with E-state index < -0.39 is 5.82 Å². The number of imidazole rings is 1. The van der Waals surface area contributed by atoms with E-state index in [1.165, 1.54) is 6.20 Å². The molecule has 1 saturated heterocycles. The van der Waals surface area contributed by atoms with Gasteiger partial charge in [0, 0.05) is 23.2 Å². The Morgan fingerprint density at radius 3 is 2.87 bits per heavy atom. The van der Waals surface area contributed by atoms with Crippen LogP contribution in [0.5, 0.6) is 0 Å². The minimum atomic E-state index is -0.578. The Morgan fingerprint density at radius 2 is 2.16 bits per heavy atom. The number of halogens is 2. The number of fused-ring (bicyclic) bond motifs is 2. The fraction of sp³-hybridized carbons (Fsp3) is 0.300. The van der Waals surface area contributed by atoms with Gasteiger partial charge in [-0.05, 0) is 13.8 Å². The molecule has 0 unspecified atom stereocenters. The highest BCUT2D eigenvalue weighted by Gasteiger charge is 2.27. The molecule has 3 aromatic heterocycles. The van der Waals surface area contributed by atoms with Crippen molar-refractivity contribution in [3.05, 3.63) is 35.6 Å². The van der Waals surface area contributed by atoms with E-state index in [4.69, 9.17) is 16.3 Å². The maximum Gasteiger partial charge on any atom is 0.233 e. The highest BCUT2D eigenvalue weighted by atomic mass is 35.5. The molecule has 0 atom stereocenters. The maximum atomic E-state index is 15.1. The molecule has 1 fully saturated rings. The number of rotatable bonds is 5. The number of anilines is 2. The van der Waals surface area contributed by atoms with Crippen molar-refractivity contribution in [3.8, 4) is 11.3 Å². The minimum absolute atomic E-state index is 0.00321. The second-order valence-corrected chi connectivity index (χ2v) is 8.10. The lowest BCUT2D eigenvalue weighted by Crippen LogP contribution is -2.38. The molecule has 5 rings (SSSR count). The number of aromatic amines is 1. The summed E-state index contributed by atoms with van der Waals surface area (Å²) in [5.41, 5.74) is 2.17. The van der Waals surface area contributed by atoms with Crippen LogP contribution in [0.1, 0.15) is 13.8 Å². The zero-order valence-corrected chi connectivity index (χ0v) is 17.5. The number of benzene rings is 1. The molecule has 3 N–H and O–H groups in total. The molecule has 9 nitrogen and oxygen atoms in total. The summed E-state index contributed by atoms with van der Waals surface area (Å²) in [6.45, 7) is 4.65. The van der Waals surface area contributed by atoms with Crippen molar-refractivity contribution >= 4 is 45.6 Å². The molecular weight excluding hydrogens is 425 g/mol. The number of aromatic nitrogens is 5. The van der Waals surface area contributed by atoms with Crippen molar-refractivity contribution in [2.75, 3.05) is 23.8 Å². The molecule has 11 heteroatoms. The second-order valence-electron chi connectivity index (χ2n) is 7.72. The van der Waals surface area contributed by atoms with E-state index in [9.17, 15) is 4.79 Å². The molecule has 1 aliphatic rings. The molecule has 4 heterocycles. The molecule has 1 amide bonds. The van der Waals surface area contributed by atoms with Crippen LogP contribution in [-0.2, 0) is 9.53 Å². The Bertz CT molecular complexity index is 1310. The number of amides is 1. The number of hydrogen-bond donors (Lipinski definition) is 3.